The first-order valence-corrected chi connectivity index (χ1v) is 8.34. The Kier molecular flexibility index (Phi) is 6.67. The minimum atomic E-state index is -0.259. The number of methoxy groups -OCH3 is 1. The Morgan fingerprint density at radius 1 is 1.16 bits per heavy atom. The van der Waals surface area contributed by atoms with Crippen molar-refractivity contribution in [3.05, 3.63) is 52.5 Å². The van der Waals surface area contributed by atoms with Gasteiger partial charge in [0.15, 0.2) is 0 Å². The molecule has 0 aliphatic rings. The van der Waals surface area contributed by atoms with E-state index >= 15 is 0 Å². The number of benzene rings is 2. The normalized spacial score (nSPS) is 10.2. The molecule has 2 aromatic rings. The van der Waals surface area contributed by atoms with Gasteiger partial charge < -0.3 is 15.0 Å². The van der Waals surface area contributed by atoms with Crippen molar-refractivity contribution in [2.75, 3.05) is 23.9 Å². The molecule has 1 N–H and O–H groups in total. The van der Waals surface area contributed by atoms with E-state index in [9.17, 15) is 9.59 Å². The zero-order valence-electron chi connectivity index (χ0n) is 13.9. The molecule has 2 aromatic carbocycles. The topological polar surface area (TPSA) is 58.6 Å². The number of anilines is 2. The van der Waals surface area contributed by atoms with Crippen molar-refractivity contribution in [3.8, 4) is 5.75 Å². The molecule has 0 heterocycles. The van der Waals surface area contributed by atoms with Gasteiger partial charge in [0.25, 0.3) is 0 Å². The average molecular weight is 381 g/mol. The molecular weight excluding hydrogens is 363 g/mol. The molecule has 132 valence electrons. The third-order valence-corrected chi connectivity index (χ3v) is 4.07. The molecule has 0 unspecified atom stereocenters. The molecule has 0 atom stereocenters. The van der Waals surface area contributed by atoms with Crippen molar-refractivity contribution < 1.29 is 14.3 Å². The third-order valence-electron chi connectivity index (χ3n) is 3.52. The Hall–Kier alpha value is -2.24. The second-order valence-corrected chi connectivity index (χ2v) is 6.11. The van der Waals surface area contributed by atoms with Crippen molar-refractivity contribution in [1.82, 2.24) is 0 Å². The first kappa shape index (κ1) is 19.1. The summed E-state index contributed by atoms with van der Waals surface area (Å²) in [6.45, 7) is 1.66. The number of hydrogen-bond donors (Lipinski definition) is 1. The van der Waals surface area contributed by atoms with Crippen LogP contribution in [-0.2, 0) is 9.59 Å². The molecule has 7 heteroatoms. The van der Waals surface area contributed by atoms with Crippen LogP contribution in [0.3, 0.4) is 0 Å². The summed E-state index contributed by atoms with van der Waals surface area (Å²) in [6, 6.07) is 12.0. The molecule has 25 heavy (non-hydrogen) atoms. The van der Waals surface area contributed by atoms with Crippen LogP contribution in [0.4, 0.5) is 11.4 Å². The lowest BCUT2D eigenvalue weighted by Gasteiger charge is -2.23. The molecule has 0 fully saturated rings. The summed E-state index contributed by atoms with van der Waals surface area (Å²) in [5.41, 5.74) is 1.09. The highest BCUT2D eigenvalue weighted by molar-refractivity contribution is 6.36. The van der Waals surface area contributed by atoms with Crippen LogP contribution < -0.4 is 15.0 Å². The molecule has 0 aliphatic heterocycles. The van der Waals surface area contributed by atoms with E-state index in [0.29, 0.717) is 27.2 Å². The van der Waals surface area contributed by atoms with E-state index in [-0.39, 0.29) is 24.8 Å². The molecule has 2 rings (SSSR count). The molecule has 0 bridgehead atoms. The average Bonchev–Trinajstić information content (AvgIpc) is 2.57. The van der Waals surface area contributed by atoms with Gasteiger partial charge in [0.1, 0.15) is 5.75 Å². The number of hydrogen-bond acceptors (Lipinski definition) is 3. The van der Waals surface area contributed by atoms with Crippen molar-refractivity contribution in [3.63, 3.8) is 0 Å². The molecule has 2 amide bonds. The van der Waals surface area contributed by atoms with E-state index < -0.39 is 0 Å². The van der Waals surface area contributed by atoms with Gasteiger partial charge in [-0.3, -0.25) is 9.59 Å². The van der Waals surface area contributed by atoms with Gasteiger partial charge in [0.2, 0.25) is 11.8 Å². The Balaban J connectivity index is 2.06. The predicted molar refractivity (Wildman–Crippen MR) is 101 cm³/mol. The van der Waals surface area contributed by atoms with Crippen LogP contribution in [0.25, 0.3) is 0 Å². The highest BCUT2D eigenvalue weighted by atomic mass is 35.5. The molecule has 0 saturated carbocycles. The maximum Gasteiger partial charge on any atom is 0.226 e. The van der Waals surface area contributed by atoms with Gasteiger partial charge in [-0.1, -0.05) is 35.3 Å². The number of para-hydroxylation sites is 2. The fourth-order valence-electron chi connectivity index (χ4n) is 2.32. The lowest BCUT2D eigenvalue weighted by Crippen LogP contribution is -2.32. The predicted octanol–water partition coefficient (Wildman–Crippen LogP) is 4.38. The molecule has 5 nitrogen and oxygen atoms in total. The Bertz CT molecular complexity index is 781. The summed E-state index contributed by atoms with van der Waals surface area (Å²) >= 11 is 11.9. The van der Waals surface area contributed by atoms with Crippen LogP contribution in [0.5, 0.6) is 5.75 Å². The minimum absolute atomic E-state index is 0.108. The first-order valence-electron chi connectivity index (χ1n) is 7.58. The number of carbonyl (C=O) groups is 2. The number of nitrogens with one attached hydrogen (secondary N) is 1. The number of amides is 2. The number of halogens is 2. The van der Waals surface area contributed by atoms with Crippen molar-refractivity contribution in [2.24, 2.45) is 0 Å². The van der Waals surface area contributed by atoms with Crippen molar-refractivity contribution in [1.29, 1.82) is 0 Å². The summed E-state index contributed by atoms with van der Waals surface area (Å²) in [5, 5.41) is 3.56. The van der Waals surface area contributed by atoms with Crippen LogP contribution in [0.1, 0.15) is 13.3 Å². The van der Waals surface area contributed by atoms with Crippen LogP contribution in [0, 0.1) is 0 Å². The van der Waals surface area contributed by atoms with Crippen LogP contribution in [0.15, 0.2) is 42.5 Å². The van der Waals surface area contributed by atoms with E-state index in [1.54, 1.807) is 36.4 Å². The van der Waals surface area contributed by atoms with Gasteiger partial charge in [0, 0.05) is 24.9 Å². The van der Waals surface area contributed by atoms with Crippen LogP contribution in [-0.4, -0.2) is 25.5 Å². The van der Waals surface area contributed by atoms with E-state index in [1.807, 2.05) is 6.07 Å². The number of rotatable bonds is 6. The monoisotopic (exact) mass is 380 g/mol. The Morgan fingerprint density at radius 2 is 1.88 bits per heavy atom. The highest BCUT2D eigenvalue weighted by Gasteiger charge is 2.17. The van der Waals surface area contributed by atoms with Crippen LogP contribution >= 0.6 is 23.2 Å². The standard InChI is InChI=1S/C18H18Cl2N2O3/c1-12(23)22(16-5-3-4-6-17(16)25-2)10-9-18(24)21-15-8-7-13(19)11-14(15)20/h3-8,11H,9-10H2,1-2H3,(H,21,24). The van der Waals surface area contributed by atoms with Gasteiger partial charge in [0.05, 0.1) is 23.5 Å². The fraction of sp³-hybridized carbons (Fsp3) is 0.222. The third kappa shape index (κ3) is 5.11. The Morgan fingerprint density at radius 3 is 2.52 bits per heavy atom. The van der Waals surface area contributed by atoms with Crippen molar-refractivity contribution >= 4 is 46.4 Å². The second kappa shape index (κ2) is 8.74. The lowest BCUT2D eigenvalue weighted by atomic mass is 10.2. The zero-order chi connectivity index (χ0) is 18.4. The van der Waals surface area contributed by atoms with Gasteiger partial charge in [-0.05, 0) is 30.3 Å². The molecule has 0 radical (unpaired) electrons. The smallest absolute Gasteiger partial charge is 0.226 e. The van der Waals surface area contributed by atoms with Gasteiger partial charge >= 0.3 is 0 Å². The largest absolute Gasteiger partial charge is 0.495 e. The second-order valence-electron chi connectivity index (χ2n) is 5.26. The summed E-state index contributed by atoms with van der Waals surface area (Å²) in [5.74, 6) is 0.131. The number of nitrogens with zero attached hydrogens (tertiary/aromatic N) is 1. The minimum Gasteiger partial charge on any atom is -0.495 e. The van der Waals surface area contributed by atoms with E-state index in [1.165, 1.54) is 18.9 Å². The number of carbonyl (C=O) groups excluding carboxylic acids is 2. The highest BCUT2D eigenvalue weighted by Crippen LogP contribution is 2.28. The van der Waals surface area contributed by atoms with E-state index in [0.717, 1.165) is 0 Å². The van der Waals surface area contributed by atoms with Gasteiger partial charge in [-0.15, -0.1) is 0 Å². The van der Waals surface area contributed by atoms with E-state index in [4.69, 9.17) is 27.9 Å². The first-order chi connectivity index (χ1) is 11.9. The molecule has 0 saturated heterocycles. The quantitative estimate of drug-likeness (QED) is 0.808. The van der Waals surface area contributed by atoms with Gasteiger partial charge in [-0.25, -0.2) is 0 Å². The summed E-state index contributed by atoms with van der Waals surface area (Å²) in [6.07, 6.45) is 0.108. The lowest BCUT2D eigenvalue weighted by molar-refractivity contribution is -0.117. The summed E-state index contributed by atoms with van der Waals surface area (Å²) in [7, 11) is 1.53. The summed E-state index contributed by atoms with van der Waals surface area (Å²) in [4.78, 5) is 25.7. The van der Waals surface area contributed by atoms with Crippen molar-refractivity contribution in [2.45, 2.75) is 13.3 Å². The molecule has 0 aliphatic carbocycles. The zero-order valence-corrected chi connectivity index (χ0v) is 15.4. The summed E-state index contributed by atoms with van der Waals surface area (Å²) < 4.78 is 5.28. The SMILES string of the molecule is COc1ccccc1N(CCC(=O)Nc1ccc(Cl)cc1Cl)C(C)=O. The maximum absolute atomic E-state index is 12.2. The fourth-order valence-corrected chi connectivity index (χ4v) is 2.77. The molecular formula is C18H18Cl2N2O3. The van der Waals surface area contributed by atoms with Gasteiger partial charge in [-0.2, -0.15) is 0 Å². The molecule has 0 aromatic heterocycles. The number of ether oxygens (including phenoxy) is 1. The molecule has 0 spiro atoms. The Labute approximate surface area is 156 Å². The van der Waals surface area contributed by atoms with E-state index in [2.05, 4.69) is 5.32 Å². The maximum atomic E-state index is 12.2. The van der Waals surface area contributed by atoms with Crippen LogP contribution in [0.2, 0.25) is 10.0 Å².